The number of benzene rings is 1. The third-order valence-electron chi connectivity index (χ3n) is 3.60. The van der Waals surface area contributed by atoms with Crippen LogP contribution < -0.4 is 15.2 Å². The highest BCUT2D eigenvalue weighted by Crippen LogP contribution is 2.32. The van der Waals surface area contributed by atoms with Crippen molar-refractivity contribution in [1.82, 2.24) is 0 Å². The number of halogens is 1. The van der Waals surface area contributed by atoms with Gasteiger partial charge in [0.25, 0.3) is 0 Å². The number of nitrogens with two attached hydrogens (primary N) is 1. The molecule has 2 atom stereocenters. The molecule has 0 aromatic heterocycles. The lowest BCUT2D eigenvalue weighted by molar-refractivity contribution is 0.186. The fraction of sp³-hybridized carbons (Fsp3) is 0.625. The predicted molar refractivity (Wildman–Crippen MR) is 81.2 cm³/mol. The van der Waals surface area contributed by atoms with E-state index in [4.69, 9.17) is 15.2 Å². The van der Waals surface area contributed by atoms with Crippen molar-refractivity contribution >= 4 is 0 Å². The van der Waals surface area contributed by atoms with Gasteiger partial charge in [-0.2, -0.15) is 0 Å². The summed E-state index contributed by atoms with van der Waals surface area (Å²) in [6.07, 6.45) is 0.501. The first-order valence-electron chi connectivity index (χ1n) is 7.46. The Morgan fingerprint density at radius 3 is 2.24 bits per heavy atom. The second-order valence-electron chi connectivity index (χ2n) is 5.12. The van der Waals surface area contributed by atoms with E-state index in [0.717, 1.165) is 0 Å². The molecule has 0 aliphatic heterocycles. The summed E-state index contributed by atoms with van der Waals surface area (Å²) in [6, 6.07) is 3.05. The number of hydrogen-bond donors (Lipinski definition) is 2. The van der Waals surface area contributed by atoms with Crippen molar-refractivity contribution in [2.45, 2.75) is 27.2 Å². The first-order chi connectivity index (χ1) is 10.1. The summed E-state index contributed by atoms with van der Waals surface area (Å²) in [5.41, 5.74) is 6.18. The Hall–Kier alpha value is -1.33. The van der Waals surface area contributed by atoms with Gasteiger partial charge < -0.3 is 20.3 Å². The van der Waals surface area contributed by atoms with E-state index in [-0.39, 0.29) is 24.3 Å². The van der Waals surface area contributed by atoms with Crippen LogP contribution >= 0.6 is 0 Å². The lowest BCUT2D eigenvalue weighted by atomic mass is 9.88. The van der Waals surface area contributed by atoms with E-state index >= 15 is 0 Å². The Morgan fingerprint density at radius 2 is 1.76 bits per heavy atom. The van der Waals surface area contributed by atoms with Crippen molar-refractivity contribution in [3.63, 3.8) is 0 Å². The zero-order chi connectivity index (χ0) is 15.8. The predicted octanol–water partition coefficient (Wildman–Crippen LogP) is 2.37. The van der Waals surface area contributed by atoms with Gasteiger partial charge in [0.2, 0.25) is 0 Å². The van der Waals surface area contributed by atoms with Gasteiger partial charge in [-0.05, 0) is 50.3 Å². The highest BCUT2D eigenvalue weighted by molar-refractivity contribution is 5.44. The van der Waals surface area contributed by atoms with Crippen LogP contribution in [0.4, 0.5) is 4.39 Å². The molecule has 3 N–H and O–H groups in total. The lowest BCUT2D eigenvalue weighted by Crippen LogP contribution is -2.26. The van der Waals surface area contributed by atoms with Crippen molar-refractivity contribution in [2.24, 2.45) is 17.6 Å². The molecule has 4 nitrogen and oxygen atoms in total. The number of rotatable bonds is 9. The fourth-order valence-electron chi connectivity index (χ4n) is 2.27. The minimum atomic E-state index is -0.317. The molecule has 120 valence electrons. The van der Waals surface area contributed by atoms with Crippen molar-refractivity contribution in [2.75, 3.05) is 26.4 Å². The third-order valence-corrected chi connectivity index (χ3v) is 3.60. The highest BCUT2D eigenvalue weighted by atomic mass is 19.1. The highest BCUT2D eigenvalue weighted by Gasteiger charge is 2.19. The summed E-state index contributed by atoms with van der Waals surface area (Å²) in [7, 11) is 0. The van der Waals surface area contributed by atoms with E-state index in [1.54, 1.807) is 6.07 Å². The molecule has 0 amide bonds. The van der Waals surface area contributed by atoms with Crippen LogP contribution in [0.2, 0.25) is 0 Å². The SMILES string of the molecule is CCOc1cc(F)c(CC(C)C(CN)CO)cc1OCC. The van der Waals surface area contributed by atoms with E-state index in [9.17, 15) is 9.50 Å². The largest absolute Gasteiger partial charge is 0.490 e. The molecule has 0 bridgehead atoms. The molecule has 0 radical (unpaired) electrons. The molecule has 0 aliphatic rings. The molecule has 1 aromatic rings. The van der Waals surface area contributed by atoms with Gasteiger partial charge in [-0.25, -0.2) is 4.39 Å². The Morgan fingerprint density at radius 1 is 1.19 bits per heavy atom. The summed E-state index contributed by atoms with van der Waals surface area (Å²) in [5, 5.41) is 9.28. The second kappa shape index (κ2) is 8.85. The van der Waals surface area contributed by atoms with Gasteiger partial charge in [0.05, 0.1) is 13.2 Å². The van der Waals surface area contributed by atoms with E-state index in [0.29, 0.717) is 43.2 Å². The second-order valence-corrected chi connectivity index (χ2v) is 5.12. The molecule has 2 unspecified atom stereocenters. The van der Waals surface area contributed by atoms with E-state index in [2.05, 4.69) is 0 Å². The van der Waals surface area contributed by atoms with Crippen molar-refractivity contribution in [3.05, 3.63) is 23.5 Å². The van der Waals surface area contributed by atoms with Gasteiger partial charge in [0, 0.05) is 12.7 Å². The topological polar surface area (TPSA) is 64.7 Å². The maximum atomic E-state index is 14.2. The van der Waals surface area contributed by atoms with Crippen LogP contribution in [0.3, 0.4) is 0 Å². The van der Waals surface area contributed by atoms with Gasteiger partial charge in [-0.15, -0.1) is 0 Å². The molecule has 5 heteroatoms. The van der Waals surface area contributed by atoms with Crippen LogP contribution in [0, 0.1) is 17.7 Å². The van der Waals surface area contributed by atoms with Gasteiger partial charge >= 0.3 is 0 Å². The van der Waals surface area contributed by atoms with E-state index in [1.807, 2.05) is 20.8 Å². The van der Waals surface area contributed by atoms with Crippen LogP contribution in [0.1, 0.15) is 26.3 Å². The van der Waals surface area contributed by atoms with Crippen LogP contribution in [0.25, 0.3) is 0 Å². The molecule has 1 aromatic carbocycles. The molecule has 0 fully saturated rings. The summed E-state index contributed by atoms with van der Waals surface area (Å²) in [4.78, 5) is 0. The molecule has 0 aliphatic carbocycles. The monoisotopic (exact) mass is 299 g/mol. The van der Waals surface area contributed by atoms with Crippen LogP contribution in [-0.4, -0.2) is 31.5 Å². The lowest BCUT2D eigenvalue weighted by Gasteiger charge is -2.21. The van der Waals surface area contributed by atoms with Gasteiger partial charge in [-0.1, -0.05) is 6.92 Å². The quantitative estimate of drug-likeness (QED) is 0.735. The first kappa shape index (κ1) is 17.7. The molecule has 0 heterocycles. The Bertz CT molecular complexity index is 436. The summed E-state index contributed by atoms with van der Waals surface area (Å²) >= 11 is 0. The zero-order valence-corrected chi connectivity index (χ0v) is 13.1. The molecule has 0 saturated carbocycles. The van der Waals surface area contributed by atoms with Gasteiger partial charge in [0.15, 0.2) is 11.5 Å². The Labute approximate surface area is 126 Å². The van der Waals surface area contributed by atoms with Crippen LogP contribution in [-0.2, 0) is 6.42 Å². The number of hydrogen-bond acceptors (Lipinski definition) is 4. The standard InChI is InChI=1S/C16H26FNO3/c1-4-20-15-7-12(6-11(3)13(9-18)10-19)14(17)8-16(15)21-5-2/h7-8,11,13,19H,4-6,9-10,18H2,1-3H3. The van der Waals surface area contributed by atoms with Gasteiger partial charge in [0.1, 0.15) is 5.82 Å². The molecular formula is C16H26FNO3. The molecule has 1 rings (SSSR count). The summed E-state index contributed by atoms with van der Waals surface area (Å²) < 4.78 is 25.1. The number of aliphatic hydroxyl groups is 1. The normalized spacial score (nSPS) is 13.8. The zero-order valence-electron chi connectivity index (χ0n) is 13.1. The molecule has 0 spiro atoms. The minimum absolute atomic E-state index is 0.00856. The maximum Gasteiger partial charge on any atom is 0.164 e. The van der Waals surface area contributed by atoms with E-state index < -0.39 is 0 Å². The van der Waals surface area contributed by atoms with Crippen molar-refractivity contribution in [1.29, 1.82) is 0 Å². The molecule has 0 saturated heterocycles. The van der Waals surface area contributed by atoms with E-state index in [1.165, 1.54) is 6.07 Å². The Kier molecular flexibility index (Phi) is 7.47. The first-order valence-corrected chi connectivity index (χ1v) is 7.46. The summed E-state index contributed by atoms with van der Waals surface area (Å²) in [6.45, 7) is 7.01. The smallest absolute Gasteiger partial charge is 0.164 e. The van der Waals surface area contributed by atoms with Crippen molar-refractivity contribution in [3.8, 4) is 11.5 Å². The number of aliphatic hydroxyl groups excluding tert-OH is 1. The van der Waals surface area contributed by atoms with Crippen LogP contribution in [0.15, 0.2) is 12.1 Å². The van der Waals surface area contributed by atoms with Crippen molar-refractivity contribution < 1.29 is 19.0 Å². The van der Waals surface area contributed by atoms with Gasteiger partial charge in [-0.3, -0.25) is 0 Å². The Balaban J connectivity index is 2.98. The average Bonchev–Trinajstić information content (AvgIpc) is 2.45. The number of ether oxygens (including phenoxy) is 2. The van der Waals surface area contributed by atoms with Crippen LogP contribution in [0.5, 0.6) is 11.5 Å². The average molecular weight is 299 g/mol. The minimum Gasteiger partial charge on any atom is -0.490 e. The fourth-order valence-corrected chi connectivity index (χ4v) is 2.27. The third kappa shape index (κ3) is 4.86. The maximum absolute atomic E-state index is 14.2. The molecular weight excluding hydrogens is 273 g/mol. The molecule has 21 heavy (non-hydrogen) atoms. The summed E-state index contributed by atoms with van der Waals surface area (Å²) in [5.74, 6) is 0.706.